The predicted molar refractivity (Wildman–Crippen MR) is 104 cm³/mol. The van der Waals surface area contributed by atoms with E-state index in [0.29, 0.717) is 31.7 Å². The zero-order valence-electron chi connectivity index (χ0n) is 16.6. The summed E-state index contributed by atoms with van der Waals surface area (Å²) in [5.41, 5.74) is 7.10. The number of nitrogens with two attached hydrogens (primary N) is 1. The highest BCUT2D eigenvalue weighted by atomic mass is 16.7. The number of hydrazine groups is 1. The zero-order valence-corrected chi connectivity index (χ0v) is 16.6. The summed E-state index contributed by atoms with van der Waals surface area (Å²) in [7, 11) is 0. The number of unbranched alkanes of at least 4 members (excludes halogenated alkanes) is 2. The van der Waals surface area contributed by atoms with Gasteiger partial charge in [-0.1, -0.05) is 39.0 Å². The summed E-state index contributed by atoms with van der Waals surface area (Å²) in [5, 5.41) is 15.1. The fourth-order valence-corrected chi connectivity index (χ4v) is 2.30. The molecule has 2 amide bonds. The number of carbonyl (C=O) groups is 2. The molecule has 0 aliphatic rings. The zero-order chi connectivity index (χ0) is 20.7. The molecule has 27 heavy (non-hydrogen) atoms. The fraction of sp³-hybridized carbons (Fsp3) is 0.824. The lowest BCUT2D eigenvalue weighted by atomic mass is 10.1. The van der Waals surface area contributed by atoms with Crippen LogP contribution in [0.5, 0.6) is 0 Å². The van der Waals surface area contributed by atoms with Crippen molar-refractivity contribution in [1.82, 2.24) is 16.1 Å². The van der Waals surface area contributed by atoms with Gasteiger partial charge in [0.1, 0.15) is 6.04 Å². The van der Waals surface area contributed by atoms with Crippen molar-refractivity contribution in [3.05, 3.63) is 10.1 Å². The molecule has 5 N–H and O–H groups in total. The Labute approximate surface area is 160 Å². The van der Waals surface area contributed by atoms with Crippen LogP contribution in [0.4, 0.5) is 0 Å². The average Bonchev–Trinajstić information content (AvgIpc) is 2.56. The Bertz CT molecular complexity index is 496. The number of aliphatic imine (C=N–C) groups is 1. The summed E-state index contributed by atoms with van der Waals surface area (Å²) >= 11 is 0. The summed E-state index contributed by atoms with van der Waals surface area (Å²) in [6.07, 6.45) is 4.86. The number of amides is 2. The quantitative estimate of drug-likeness (QED) is 0.115. The number of rotatable bonds is 14. The standard InChI is InChI=1S/C17H34N6O4/c1-4-5-6-9-15(24)21-14(16(25)19-12-10-13(2)3)8-7-11-20-17(18)22-23(26)27/h13-14H,4-12H2,1-3H3,(H,19,25)(H,21,24)(H3,18,20,22)/t14-/m0/s1. The summed E-state index contributed by atoms with van der Waals surface area (Å²) in [6, 6.07) is -0.647. The predicted octanol–water partition coefficient (Wildman–Crippen LogP) is 1.09. The van der Waals surface area contributed by atoms with E-state index in [1.807, 2.05) is 0 Å². The molecule has 0 bridgehead atoms. The van der Waals surface area contributed by atoms with Crippen molar-refractivity contribution in [2.24, 2.45) is 16.6 Å². The molecular formula is C17H34N6O4. The molecule has 0 fully saturated rings. The topological polar surface area (TPSA) is 152 Å². The van der Waals surface area contributed by atoms with E-state index in [1.54, 1.807) is 5.43 Å². The Morgan fingerprint density at radius 1 is 1.19 bits per heavy atom. The van der Waals surface area contributed by atoms with Crippen LogP contribution in [-0.2, 0) is 9.59 Å². The van der Waals surface area contributed by atoms with Gasteiger partial charge >= 0.3 is 0 Å². The molecule has 0 saturated carbocycles. The lowest BCUT2D eigenvalue weighted by Gasteiger charge is -2.18. The minimum Gasteiger partial charge on any atom is -0.365 e. The highest BCUT2D eigenvalue weighted by molar-refractivity contribution is 5.87. The van der Waals surface area contributed by atoms with Crippen molar-refractivity contribution >= 4 is 17.8 Å². The molecule has 0 aromatic rings. The van der Waals surface area contributed by atoms with Crippen molar-refractivity contribution < 1.29 is 14.6 Å². The van der Waals surface area contributed by atoms with Crippen LogP contribution in [0.25, 0.3) is 0 Å². The summed E-state index contributed by atoms with van der Waals surface area (Å²) in [6.45, 7) is 6.97. The number of hydrogen-bond donors (Lipinski definition) is 4. The second kappa shape index (κ2) is 14.7. The van der Waals surface area contributed by atoms with Gasteiger partial charge in [0.25, 0.3) is 5.96 Å². The van der Waals surface area contributed by atoms with E-state index in [1.165, 1.54) is 0 Å². The minimum absolute atomic E-state index is 0.148. The molecule has 0 heterocycles. The maximum absolute atomic E-state index is 12.4. The Morgan fingerprint density at radius 3 is 2.48 bits per heavy atom. The van der Waals surface area contributed by atoms with Gasteiger partial charge in [-0.25, -0.2) is 15.1 Å². The van der Waals surface area contributed by atoms with Gasteiger partial charge < -0.3 is 16.4 Å². The lowest BCUT2D eigenvalue weighted by molar-refractivity contribution is -0.525. The highest BCUT2D eigenvalue weighted by Crippen LogP contribution is 2.03. The van der Waals surface area contributed by atoms with Gasteiger partial charge in [-0.3, -0.25) is 9.59 Å². The fourth-order valence-electron chi connectivity index (χ4n) is 2.30. The normalized spacial score (nSPS) is 12.5. The van der Waals surface area contributed by atoms with E-state index in [9.17, 15) is 19.7 Å². The van der Waals surface area contributed by atoms with Gasteiger partial charge in [0, 0.05) is 19.5 Å². The molecule has 1 atom stereocenters. The van der Waals surface area contributed by atoms with Gasteiger partial charge in [-0.2, -0.15) is 0 Å². The number of guanidine groups is 1. The molecule has 10 heteroatoms. The smallest absolute Gasteiger partial charge is 0.251 e. The molecule has 10 nitrogen and oxygen atoms in total. The molecule has 0 spiro atoms. The summed E-state index contributed by atoms with van der Waals surface area (Å²) in [5.74, 6) is -0.189. The molecular weight excluding hydrogens is 352 g/mol. The molecule has 0 aromatic heterocycles. The third-order valence-electron chi connectivity index (χ3n) is 3.82. The van der Waals surface area contributed by atoms with E-state index < -0.39 is 11.1 Å². The van der Waals surface area contributed by atoms with Crippen LogP contribution in [0, 0.1) is 16.0 Å². The Balaban J connectivity index is 4.55. The summed E-state index contributed by atoms with van der Waals surface area (Å²) < 4.78 is 0. The first-order valence-electron chi connectivity index (χ1n) is 9.54. The number of nitro groups is 1. The van der Waals surface area contributed by atoms with Crippen molar-refractivity contribution in [2.75, 3.05) is 13.1 Å². The number of carbonyl (C=O) groups excluding carboxylic acids is 2. The van der Waals surface area contributed by atoms with Crippen molar-refractivity contribution in [2.45, 2.75) is 71.8 Å². The molecule has 0 saturated heterocycles. The minimum atomic E-state index is -0.791. The van der Waals surface area contributed by atoms with Crippen LogP contribution in [0.3, 0.4) is 0 Å². The molecule has 0 aromatic carbocycles. The Morgan fingerprint density at radius 2 is 1.89 bits per heavy atom. The van der Waals surface area contributed by atoms with E-state index in [2.05, 4.69) is 36.4 Å². The van der Waals surface area contributed by atoms with Crippen molar-refractivity contribution in [1.29, 1.82) is 0 Å². The average molecular weight is 386 g/mol. The number of nitrogens with one attached hydrogen (secondary N) is 3. The van der Waals surface area contributed by atoms with Crippen LogP contribution in [-0.4, -0.2) is 41.9 Å². The molecule has 0 aliphatic heterocycles. The SMILES string of the molecule is CCCCCC(=O)N[C@@H](CCCN=C(N)N[N+](=O)[O-])C(=O)NCCC(C)C. The third-order valence-corrected chi connectivity index (χ3v) is 3.82. The van der Waals surface area contributed by atoms with Crippen molar-refractivity contribution in [3.63, 3.8) is 0 Å². The molecule has 156 valence electrons. The molecule has 0 unspecified atom stereocenters. The van der Waals surface area contributed by atoms with Gasteiger partial charge in [0.2, 0.25) is 11.8 Å². The number of hydrogen-bond acceptors (Lipinski definition) is 5. The molecule has 0 rings (SSSR count). The van der Waals surface area contributed by atoms with Gasteiger partial charge in [-0.15, -0.1) is 0 Å². The monoisotopic (exact) mass is 386 g/mol. The van der Waals surface area contributed by atoms with Crippen LogP contribution < -0.4 is 21.8 Å². The van der Waals surface area contributed by atoms with Gasteiger partial charge in [-0.05, 0) is 31.6 Å². The van der Waals surface area contributed by atoms with Crippen molar-refractivity contribution in [3.8, 4) is 0 Å². The largest absolute Gasteiger partial charge is 0.365 e. The lowest BCUT2D eigenvalue weighted by Crippen LogP contribution is -2.47. The highest BCUT2D eigenvalue weighted by Gasteiger charge is 2.20. The van der Waals surface area contributed by atoms with E-state index in [0.717, 1.165) is 25.7 Å². The summed E-state index contributed by atoms with van der Waals surface area (Å²) in [4.78, 5) is 38.5. The molecule has 0 radical (unpaired) electrons. The second-order valence-corrected chi connectivity index (χ2v) is 6.83. The Hall–Kier alpha value is -2.39. The van der Waals surface area contributed by atoms with E-state index >= 15 is 0 Å². The van der Waals surface area contributed by atoms with Crippen LogP contribution in [0.15, 0.2) is 4.99 Å². The second-order valence-electron chi connectivity index (χ2n) is 6.83. The Kier molecular flexibility index (Phi) is 13.4. The molecule has 0 aliphatic carbocycles. The van der Waals surface area contributed by atoms with E-state index in [4.69, 9.17) is 5.73 Å². The first kappa shape index (κ1) is 24.6. The maximum atomic E-state index is 12.4. The first-order chi connectivity index (χ1) is 12.8. The number of nitrogens with zero attached hydrogens (tertiary/aromatic N) is 2. The van der Waals surface area contributed by atoms with Crippen LogP contribution in [0.2, 0.25) is 0 Å². The van der Waals surface area contributed by atoms with Crippen LogP contribution >= 0.6 is 0 Å². The third kappa shape index (κ3) is 14.5. The first-order valence-corrected chi connectivity index (χ1v) is 9.54. The van der Waals surface area contributed by atoms with Gasteiger partial charge in [0.05, 0.1) is 0 Å². The van der Waals surface area contributed by atoms with Crippen LogP contribution in [0.1, 0.15) is 65.7 Å². The van der Waals surface area contributed by atoms with Gasteiger partial charge in [0.15, 0.2) is 5.03 Å². The van der Waals surface area contributed by atoms with E-state index in [-0.39, 0.29) is 24.3 Å². The maximum Gasteiger partial charge on any atom is 0.251 e.